The molecule has 0 aromatic carbocycles. The molecule has 0 radical (unpaired) electrons. The van der Waals surface area contributed by atoms with E-state index in [9.17, 15) is 0 Å². The fourth-order valence-electron chi connectivity index (χ4n) is 2.05. The number of nitrogens with zero attached hydrogens (tertiary/aromatic N) is 3. The van der Waals surface area contributed by atoms with E-state index in [0.717, 1.165) is 40.8 Å². The van der Waals surface area contributed by atoms with Crippen molar-refractivity contribution in [2.24, 2.45) is 5.73 Å². The molecule has 5 nitrogen and oxygen atoms in total. The van der Waals surface area contributed by atoms with Crippen LogP contribution in [0.2, 0.25) is 5.02 Å². The van der Waals surface area contributed by atoms with E-state index in [4.69, 9.17) is 17.3 Å². The van der Waals surface area contributed by atoms with Crippen LogP contribution in [0.25, 0.3) is 10.7 Å². The van der Waals surface area contributed by atoms with Crippen LogP contribution in [0.3, 0.4) is 0 Å². The number of hydrogen-bond donors (Lipinski definition) is 2. The van der Waals surface area contributed by atoms with Crippen molar-refractivity contribution in [3.05, 3.63) is 16.0 Å². The standard InChI is InChI=1S/C11H14ClN5S/c1-6-5-18-9(8(6)12)10-14-11(16-15-10)17-3-2-7(13)4-17/h5,7H,2-4,13H2,1H3,(H,14,15,16). The molecule has 2 aromatic rings. The van der Waals surface area contributed by atoms with E-state index in [2.05, 4.69) is 20.1 Å². The second-order valence-electron chi connectivity index (χ2n) is 4.54. The molecule has 96 valence electrons. The third kappa shape index (κ3) is 2.00. The Labute approximate surface area is 114 Å². The Hall–Kier alpha value is -1.11. The fourth-order valence-corrected chi connectivity index (χ4v) is 3.28. The first kappa shape index (κ1) is 12.0. The van der Waals surface area contributed by atoms with Crippen molar-refractivity contribution in [3.8, 4) is 10.7 Å². The number of nitrogens with two attached hydrogens (primary N) is 1. The van der Waals surface area contributed by atoms with Crippen LogP contribution in [0.4, 0.5) is 5.95 Å². The fraction of sp³-hybridized carbons (Fsp3) is 0.455. The minimum Gasteiger partial charge on any atom is -0.338 e. The minimum atomic E-state index is 0.222. The molecule has 1 atom stereocenters. The van der Waals surface area contributed by atoms with E-state index in [1.54, 1.807) is 11.3 Å². The molecule has 0 bridgehead atoms. The van der Waals surface area contributed by atoms with Crippen LogP contribution in [-0.4, -0.2) is 34.3 Å². The van der Waals surface area contributed by atoms with Gasteiger partial charge in [-0.2, -0.15) is 4.98 Å². The SMILES string of the molecule is Cc1csc(-c2nc(N3CCC(N)C3)n[nH]2)c1Cl. The predicted molar refractivity (Wildman–Crippen MR) is 74.2 cm³/mol. The van der Waals surface area contributed by atoms with Gasteiger partial charge < -0.3 is 10.6 Å². The lowest BCUT2D eigenvalue weighted by molar-refractivity contribution is 0.750. The number of thiophene rings is 1. The number of hydrogen-bond acceptors (Lipinski definition) is 5. The molecule has 3 N–H and O–H groups in total. The molecule has 1 aliphatic rings. The quantitative estimate of drug-likeness (QED) is 0.885. The third-order valence-electron chi connectivity index (χ3n) is 3.10. The molecule has 0 aliphatic carbocycles. The second-order valence-corrected chi connectivity index (χ2v) is 5.80. The van der Waals surface area contributed by atoms with Crippen molar-refractivity contribution in [1.29, 1.82) is 0 Å². The predicted octanol–water partition coefficient (Wildman–Crippen LogP) is 2.03. The van der Waals surface area contributed by atoms with Crippen LogP contribution < -0.4 is 10.6 Å². The molecule has 2 aromatic heterocycles. The monoisotopic (exact) mass is 283 g/mol. The first-order chi connectivity index (χ1) is 8.65. The number of halogens is 1. The van der Waals surface area contributed by atoms with E-state index in [0.29, 0.717) is 5.95 Å². The molecule has 3 heterocycles. The van der Waals surface area contributed by atoms with Crippen LogP contribution >= 0.6 is 22.9 Å². The summed E-state index contributed by atoms with van der Waals surface area (Å²) < 4.78 is 0. The molecular weight excluding hydrogens is 270 g/mol. The smallest absolute Gasteiger partial charge is 0.245 e. The summed E-state index contributed by atoms with van der Waals surface area (Å²) in [5, 5.41) is 9.96. The molecule has 1 saturated heterocycles. The number of H-pyrrole nitrogens is 1. The summed E-state index contributed by atoms with van der Waals surface area (Å²) in [4.78, 5) is 7.54. The van der Waals surface area contributed by atoms with Crippen molar-refractivity contribution in [3.63, 3.8) is 0 Å². The molecule has 1 fully saturated rings. The van der Waals surface area contributed by atoms with Gasteiger partial charge in [-0.1, -0.05) is 11.6 Å². The zero-order chi connectivity index (χ0) is 12.7. The number of aryl methyl sites for hydroxylation is 1. The highest BCUT2D eigenvalue weighted by Crippen LogP contribution is 2.35. The molecule has 7 heteroatoms. The Morgan fingerprint density at radius 1 is 1.61 bits per heavy atom. The summed E-state index contributed by atoms with van der Waals surface area (Å²) in [5.41, 5.74) is 6.95. The van der Waals surface area contributed by atoms with Crippen LogP contribution in [0.1, 0.15) is 12.0 Å². The molecular formula is C11H14ClN5S. The zero-order valence-electron chi connectivity index (χ0n) is 9.98. The largest absolute Gasteiger partial charge is 0.338 e. The zero-order valence-corrected chi connectivity index (χ0v) is 11.6. The lowest BCUT2D eigenvalue weighted by atomic mass is 10.3. The summed E-state index contributed by atoms with van der Waals surface area (Å²) in [6, 6.07) is 0.222. The lowest BCUT2D eigenvalue weighted by Crippen LogP contribution is -2.26. The molecule has 1 unspecified atom stereocenters. The van der Waals surface area contributed by atoms with E-state index in [-0.39, 0.29) is 6.04 Å². The first-order valence-corrected chi connectivity index (χ1v) is 7.08. The van der Waals surface area contributed by atoms with Gasteiger partial charge in [-0.3, -0.25) is 5.10 Å². The molecule has 1 aliphatic heterocycles. The number of anilines is 1. The van der Waals surface area contributed by atoms with Crippen molar-refractivity contribution in [1.82, 2.24) is 15.2 Å². The van der Waals surface area contributed by atoms with Gasteiger partial charge in [0.2, 0.25) is 5.95 Å². The van der Waals surface area contributed by atoms with Gasteiger partial charge in [0, 0.05) is 19.1 Å². The van der Waals surface area contributed by atoms with Gasteiger partial charge in [-0.15, -0.1) is 16.4 Å². The number of rotatable bonds is 2. The molecule has 0 amide bonds. The third-order valence-corrected chi connectivity index (χ3v) is 4.80. The Kier molecular flexibility index (Phi) is 3.01. The Morgan fingerprint density at radius 2 is 2.44 bits per heavy atom. The van der Waals surface area contributed by atoms with Crippen LogP contribution in [-0.2, 0) is 0 Å². The summed E-state index contributed by atoms with van der Waals surface area (Å²) >= 11 is 7.80. The average molecular weight is 284 g/mol. The normalized spacial score (nSPS) is 19.7. The van der Waals surface area contributed by atoms with E-state index in [1.165, 1.54) is 0 Å². The van der Waals surface area contributed by atoms with Gasteiger partial charge in [0.1, 0.15) is 0 Å². The highest BCUT2D eigenvalue weighted by atomic mass is 35.5. The van der Waals surface area contributed by atoms with Crippen molar-refractivity contribution >= 4 is 28.9 Å². The summed E-state index contributed by atoms with van der Waals surface area (Å²) in [6.45, 7) is 3.71. The van der Waals surface area contributed by atoms with E-state index < -0.39 is 0 Å². The first-order valence-electron chi connectivity index (χ1n) is 5.82. The van der Waals surface area contributed by atoms with Gasteiger partial charge >= 0.3 is 0 Å². The van der Waals surface area contributed by atoms with Crippen LogP contribution in [0, 0.1) is 6.92 Å². The second kappa shape index (κ2) is 4.53. The Bertz CT molecular complexity index is 564. The van der Waals surface area contributed by atoms with Gasteiger partial charge in [0.15, 0.2) is 5.82 Å². The molecule has 0 spiro atoms. The maximum Gasteiger partial charge on any atom is 0.245 e. The maximum absolute atomic E-state index is 6.22. The van der Waals surface area contributed by atoms with Crippen molar-refractivity contribution < 1.29 is 0 Å². The summed E-state index contributed by atoms with van der Waals surface area (Å²) in [5.74, 6) is 1.44. The minimum absolute atomic E-state index is 0.222. The highest BCUT2D eigenvalue weighted by Gasteiger charge is 2.23. The van der Waals surface area contributed by atoms with Gasteiger partial charge in [-0.25, -0.2) is 0 Å². The van der Waals surface area contributed by atoms with Gasteiger partial charge in [0.05, 0.1) is 9.90 Å². The molecule has 0 saturated carbocycles. The molecule has 3 rings (SSSR count). The number of aromatic amines is 1. The molecule has 18 heavy (non-hydrogen) atoms. The maximum atomic E-state index is 6.22. The van der Waals surface area contributed by atoms with Crippen molar-refractivity contribution in [2.45, 2.75) is 19.4 Å². The average Bonchev–Trinajstić information content (AvgIpc) is 3.02. The van der Waals surface area contributed by atoms with E-state index >= 15 is 0 Å². The van der Waals surface area contributed by atoms with Gasteiger partial charge in [-0.05, 0) is 24.3 Å². The number of aromatic nitrogens is 3. The summed E-state index contributed by atoms with van der Waals surface area (Å²) in [7, 11) is 0. The van der Waals surface area contributed by atoms with Crippen LogP contribution in [0.15, 0.2) is 5.38 Å². The summed E-state index contributed by atoms with van der Waals surface area (Å²) in [6.07, 6.45) is 0.989. The lowest BCUT2D eigenvalue weighted by Gasteiger charge is -2.11. The number of nitrogens with one attached hydrogen (secondary N) is 1. The Balaban J connectivity index is 1.87. The Morgan fingerprint density at radius 3 is 3.06 bits per heavy atom. The highest BCUT2D eigenvalue weighted by molar-refractivity contribution is 7.14. The van der Waals surface area contributed by atoms with Crippen LogP contribution in [0.5, 0.6) is 0 Å². The van der Waals surface area contributed by atoms with Crippen molar-refractivity contribution in [2.75, 3.05) is 18.0 Å². The van der Waals surface area contributed by atoms with E-state index in [1.807, 2.05) is 12.3 Å². The van der Waals surface area contributed by atoms with Gasteiger partial charge in [0.25, 0.3) is 0 Å². The topological polar surface area (TPSA) is 70.8 Å².